The van der Waals surface area contributed by atoms with E-state index in [1.807, 2.05) is 6.92 Å². The monoisotopic (exact) mass is 137 g/mol. The Labute approximate surface area is 65.0 Å². The van der Waals surface area contributed by atoms with Crippen LogP contribution in [0, 0.1) is 30.6 Å². The lowest BCUT2D eigenvalue weighted by molar-refractivity contribution is 0.543. The van der Waals surface area contributed by atoms with Crippen molar-refractivity contribution in [3.8, 4) is 11.8 Å². The number of hydrogen-bond acceptors (Lipinski definition) is 0. The van der Waals surface area contributed by atoms with Crippen molar-refractivity contribution in [1.29, 1.82) is 0 Å². The van der Waals surface area contributed by atoms with Crippen LogP contribution in [0.1, 0.15) is 33.6 Å². The minimum absolute atomic E-state index is 0.550. The quantitative estimate of drug-likeness (QED) is 0.525. The first-order valence-electron chi connectivity index (χ1n) is 3.92. The van der Waals surface area contributed by atoms with Crippen molar-refractivity contribution in [2.75, 3.05) is 0 Å². The Morgan fingerprint density at radius 2 is 1.90 bits per heavy atom. The Kier molecular flexibility index (Phi) is 5.12. The van der Waals surface area contributed by atoms with Gasteiger partial charge >= 0.3 is 0 Å². The number of hydrogen-bond donors (Lipinski definition) is 0. The lowest BCUT2D eigenvalue weighted by Gasteiger charge is -2.05. The maximum Gasteiger partial charge on any atom is 0.0174 e. The topological polar surface area (TPSA) is 0 Å². The van der Waals surface area contributed by atoms with Gasteiger partial charge < -0.3 is 0 Å². The van der Waals surface area contributed by atoms with Crippen LogP contribution in [-0.2, 0) is 0 Å². The van der Waals surface area contributed by atoms with Gasteiger partial charge in [0.25, 0.3) is 0 Å². The van der Waals surface area contributed by atoms with E-state index in [1.165, 1.54) is 12.8 Å². The maximum atomic E-state index is 3.92. The van der Waals surface area contributed by atoms with E-state index in [9.17, 15) is 0 Å². The number of rotatable bonds is 3. The van der Waals surface area contributed by atoms with Gasteiger partial charge in [0.05, 0.1) is 0 Å². The smallest absolute Gasteiger partial charge is 0.0174 e. The van der Waals surface area contributed by atoms with E-state index in [1.54, 1.807) is 0 Å². The summed E-state index contributed by atoms with van der Waals surface area (Å²) in [5.41, 5.74) is 0. The highest BCUT2D eigenvalue weighted by atomic mass is 14.0. The third-order valence-electron chi connectivity index (χ3n) is 1.48. The molecule has 0 nitrogen and oxygen atoms in total. The molecule has 0 aliphatic rings. The van der Waals surface area contributed by atoms with Crippen LogP contribution in [0.3, 0.4) is 0 Å². The van der Waals surface area contributed by atoms with E-state index in [0.717, 1.165) is 0 Å². The van der Waals surface area contributed by atoms with E-state index in [0.29, 0.717) is 11.8 Å². The van der Waals surface area contributed by atoms with Crippen molar-refractivity contribution < 1.29 is 0 Å². The van der Waals surface area contributed by atoms with Gasteiger partial charge in [-0.15, -0.1) is 11.8 Å². The molecule has 0 aromatic carbocycles. The highest BCUT2D eigenvalue weighted by Gasteiger charge is 1.98. The van der Waals surface area contributed by atoms with Crippen molar-refractivity contribution >= 4 is 0 Å². The third kappa shape index (κ3) is 5.69. The average molecular weight is 137 g/mol. The van der Waals surface area contributed by atoms with Crippen molar-refractivity contribution in [1.82, 2.24) is 0 Å². The predicted octanol–water partition coefficient (Wildman–Crippen LogP) is 2.90. The summed E-state index contributed by atoms with van der Waals surface area (Å²) in [6.07, 6.45) is 2.38. The zero-order chi connectivity index (χ0) is 7.98. The molecule has 0 saturated heterocycles. The fourth-order valence-corrected chi connectivity index (χ4v) is 0.853. The average Bonchev–Trinajstić information content (AvgIpc) is 1.85. The Hall–Kier alpha value is -0.440. The van der Waals surface area contributed by atoms with Gasteiger partial charge in [-0.3, -0.25) is 0 Å². The Bertz CT molecular complexity index is 123. The zero-order valence-corrected chi connectivity index (χ0v) is 7.28. The first-order valence-corrected chi connectivity index (χ1v) is 3.92. The second-order valence-electron chi connectivity index (χ2n) is 2.98. The molecule has 0 aliphatic carbocycles. The van der Waals surface area contributed by atoms with Crippen LogP contribution in [-0.4, -0.2) is 0 Å². The fourth-order valence-electron chi connectivity index (χ4n) is 0.853. The lowest BCUT2D eigenvalue weighted by atomic mass is 10.00. The van der Waals surface area contributed by atoms with Gasteiger partial charge in [-0.25, -0.2) is 0 Å². The van der Waals surface area contributed by atoms with Gasteiger partial charge in [0, 0.05) is 5.92 Å². The Morgan fingerprint density at radius 3 is 2.30 bits per heavy atom. The molecular formula is C10H17. The van der Waals surface area contributed by atoms with Crippen LogP contribution in [0.2, 0.25) is 0 Å². The summed E-state index contributed by atoms with van der Waals surface area (Å²) in [5, 5.41) is 0. The summed E-state index contributed by atoms with van der Waals surface area (Å²) in [6, 6.07) is 0. The molecule has 0 bridgehead atoms. The Morgan fingerprint density at radius 1 is 1.30 bits per heavy atom. The van der Waals surface area contributed by atoms with Crippen LogP contribution < -0.4 is 0 Å². The van der Waals surface area contributed by atoms with Gasteiger partial charge in [-0.1, -0.05) is 20.8 Å². The van der Waals surface area contributed by atoms with Crippen LogP contribution in [0.15, 0.2) is 0 Å². The fraction of sp³-hybridized carbons (Fsp3) is 0.700. The van der Waals surface area contributed by atoms with Crippen LogP contribution in [0.4, 0.5) is 0 Å². The van der Waals surface area contributed by atoms with E-state index in [2.05, 4.69) is 32.6 Å². The molecule has 0 N–H and O–H groups in total. The van der Waals surface area contributed by atoms with E-state index in [4.69, 9.17) is 0 Å². The molecule has 0 aliphatic heterocycles. The molecule has 0 aromatic heterocycles. The van der Waals surface area contributed by atoms with E-state index >= 15 is 0 Å². The molecule has 0 fully saturated rings. The minimum Gasteiger partial charge on any atom is -0.106 e. The van der Waals surface area contributed by atoms with Crippen molar-refractivity contribution in [3.63, 3.8) is 0 Å². The van der Waals surface area contributed by atoms with Gasteiger partial charge in [0.1, 0.15) is 0 Å². The predicted molar refractivity (Wildman–Crippen MR) is 46.4 cm³/mol. The van der Waals surface area contributed by atoms with Crippen molar-refractivity contribution in [3.05, 3.63) is 6.92 Å². The van der Waals surface area contributed by atoms with Crippen LogP contribution in [0.25, 0.3) is 0 Å². The van der Waals surface area contributed by atoms with E-state index in [-0.39, 0.29) is 0 Å². The largest absolute Gasteiger partial charge is 0.106 e. The maximum absolute atomic E-state index is 3.92. The molecule has 0 spiro atoms. The summed E-state index contributed by atoms with van der Waals surface area (Å²) in [5.74, 6) is 7.16. The summed E-state index contributed by atoms with van der Waals surface area (Å²) in [4.78, 5) is 0. The standard InChI is InChI=1S/C10H17/c1-5-6-10(4)8-7-9(2)3/h9-10H,2,7-8H2,1,3-4H3. The molecule has 0 rings (SSSR count). The van der Waals surface area contributed by atoms with Gasteiger partial charge in [0.15, 0.2) is 0 Å². The molecule has 10 heavy (non-hydrogen) atoms. The molecule has 1 radical (unpaired) electrons. The van der Waals surface area contributed by atoms with Gasteiger partial charge in [0.2, 0.25) is 0 Å². The van der Waals surface area contributed by atoms with Gasteiger partial charge in [-0.05, 0) is 25.7 Å². The summed E-state index contributed by atoms with van der Waals surface area (Å²) >= 11 is 0. The first-order chi connectivity index (χ1) is 4.66. The molecule has 0 saturated carbocycles. The molecule has 0 amide bonds. The summed E-state index contributed by atoms with van der Waals surface area (Å²) in [6.45, 7) is 10.1. The molecule has 2 unspecified atom stereocenters. The molecule has 0 aromatic rings. The van der Waals surface area contributed by atoms with E-state index < -0.39 is 0 Å². The normalized spacial score (nSPS) is 12.5. The Balaban J connectivity index is 3.36. The molecule has 57 valence electrons. The first kappa shape index (κ1) is 9.56. The van der Waals surface area contributed by atoms with Crippen LogP contribution >= 0.6 is 0 Å². The van der Waals surface area contributed by atoms with Gasteiger partial charge in [-0.2, -0.15) is 0 Å². The summed E-state index contributed by atoms with van der Waals surface area (Å²) in [7, 11) is 0. The highest BCUT2D eigenvalue weighted by Crippen LogP contribution is 2.09. The minimum atomic E-state index is 0.550. The SMILES string of the molecule is [CH2]C(C)CCC(C)C#CC. The van der Waals surface area contributed by atoms with Crippen molar-refractivity contribution in [2.24, 2.45) is 11.8 Å². The molecule has 0 heterocycles. The van der Waals surface area contributed by atoms with Crippen molar-refractivity contribution in [2.45, 2.75) is 33.6 Å². The lowest BCUT2D eigenvalue weighted by Crippen LogP contribution is -1.94. The zero-order valence-electron chi connectivity index (χ0n) is 7.28. The second-order valence-corrected chi connectivity index (χ2v) is 2.98. The summed E-state index contributed by atoms with van der Waals surface area (Å²) < 4.78 is 0. The molecular weight excluding hydrogens is 120 g/mol. The highest BCUT2D eigenvalue weighted by molar-refractivity contribution is 4.99. The third-order valence-corrected chi connectivity index (χ3v) is 1.48. The second kappa shape index (κ2) is 5.35. The molecule has 2 atom stereocenters. The van der Waals surface area contributed by atoms with Crippen LogP contribution in [0.5, 0.6) is 0 Å². The molecule has 0 heteroatoms.